The minimum atomic E-state index is 0.383. The van der Waals surface area contributed by atoms with Gasteiger partial charge in [0.1, 0.15) is 0 Å². The smallest absolute Gasteiger partial charge is 0.0453 e. The monoisotopic (exact) mass is 279 g/mol. The third-order valence-electron chi connectivity index (χ3n) is 4.66. The average Bonchev–Trinajstić information content (AvgIpc) is 2.37. The first-order valence-electron chi connectivity index (χ1n) is 7.54. The summed E-state index contributed by atoms with van der Waals surface area (Å²) in [5.74, 6) is 0.668. The van der Waals surface area contributed by atoms with E-state index >= 15 is 0 Å². The minimum absolute atomic E-state index is 0.383. The Morgan fingerprint density at radius 2 is 2.05 bits per heavy atom. The fourth-order valence-corrected chi connectivity index (χ4v) is 3.81. The Bertz CT molecular complexity index is 413. The van der Waals surface area contributed by atoms with Crippen LogP contribution in [0.1, 0.15) is 58.1 Å². The molecule has 1 aliphatic rings. The summed E-state index contributed by atoms with van der Waals surface area (Å²) in [5, 5.41) is 4.58. The molecule has 2 unspecified atom stereocenters. The predicted octanol–water partition coefficient (Wildman–Crippen LogP) is 5.21. The summed E-state index contributed by atoms with van der Waals surface area (Å²) < 4.78 is 0. The van der Waals surface area contributed by atoms with Crippen LogP contribution in [0.4, 0.5) is 0 Å². The van der Waals surface area contributed by atoms with E-state index < -0.39 is 0 Å². The molecule has 2 rings (SSSR count). The molecule has 2 heteroatoms. The number of rotatable bonds is 4. The highest BCUT2D eigenvalue weighted by atomic mass is 35.5. The van der Waals surface area contributed by atoms with E-state index in [0.717, 1.165) is 11.6 Å². The van der Waals surface area contributed by atoms with Gasteiger partial charge in [0, 0.05) is 11.1 Å². The summed E-state index contributed by atoms with van der Waals surface area (Å²) in [6.07, 6.45) is 5.34. The van der Waals surface area contributed by atoms with Crippen molar-refractivity contribution in [3.05, 3.63) is 34.9 Å². The highest BCUT2D eigenvalue weighted by Gasteiger charge is 2.38. The molecule has 1 N–H and O–H groups in total. The average molecular weight is 280 g/mol. The Morgan fingerprint density at radius 1 is 1.32 bits per heavy atom. The van der Waals surface area contributed by atoms with Crippen LogP contribution in [0.3, 0.4) is 0 Å². The van der Waals surface area contributed by atoms with Crippen molar-refractivity contribution in [2.24, 2.45) is 11.3 Å². The summed E-state index contributed by atoms with van der Waals surface area (Å²) in [6, 6.07) is 8.69. The van der Waals surface area contributed by atoms with Crippen LogP contribution in [0, 0.1) is 11.3 Å². The van der Waals surface area contributed by atoms with Gasteiger partial charge < -0.3 is 5.32 Å². The Hall–Kier alpha value is -0.530. The Kier molecular flexibility index (Phi) is 4.92. The molecule has 0 aromatic heterocycles. The maximum Gasteiger partial charge on any atom is 0.0453 e. The molecule has 0 radical (unpaired) electrons. The van der Waals surface area contributed by atoms with E-state index in [1.165, 1.54) is 31.2 Å². The van der Waals surface area contributed by atoms with Crippen molar-refractivity contribution in [2.75, 3.05) is 6.54 Å². The summed E-state index contributed by atoms with van der Waals surface area (Å²) >= 11 is 6.43. The van der Waals surface area contributed by atoms with E-state index in [9.17, 15) is 0 Å². The molecule has 1 aromatic rings. The first kappa shape index (κ1) is 14.9. The van der Waals surface area contributed by atoms with Crippen molar-refractivity contribution in [1.82, 2.24) is 5.32 Å². The fourth-order valence-electron chi connectivity index (χ4n) is 3.56. The molecule has 19 heavy (non-hydrogen) atoms. The van der Waals surface area contributed by atoms with Gasteiger partial charge in [-0.3, -0.25) is 0 Å². The second-order valence-corrected chi connectivity index (χ2v) is 6.80. The first-order valence-corrected chi connectivity index (χ1v) is 7.92. The van der Waals surface area contributed by atoms with Gasteiger partial charge in [0.2, 0.25) is 0 Å². The van der Waals surface area contributed by atoms with E-state index in [1.54, 1.807) is 0 Å². The van der Waals surface area contributed by atoms with Gasteiger partial charge in [0.15, 0.2) is 0 Å². The van der Waals surface area contributed by atoms with E-state index in [4.69, 9.17) is 11.6 Å². The van der Waals surface area contributed by atoms with Gasteiger partial charge >= 0.3 is 0 Å². The van der Waals surface area contributed by atoms with Gasteiger partial charge in [-0.05, 0) is 42.3 Å². The Labute approximate surface area is 122 Å². The molecule has 0 aliphatic heterocycles. The number of benzene rings is 1. The number of hydrogen-bond acceptors (Lipinski definition) is 1. The Balaban J connectivity index is 2.32. The SMILES string of the molecule is CCNC(c1ccccc1Cl)C1CCCCC1(C)C. The highest BCUT2D eigenvalue weighted by molar-refractivity contribution is 6.31. The molecule has 0 saturated heterocycles. The molecule has 1 aliphatic carbocycles. The van der Waals surface area contributed by atoms with Gasteiger partial charge in [0.05, 0.1) is 0 Å². The van der Waals surface area contributed by atoms with Gasteiger partial charge in [-0.1, -0.05) is 63.4 Å². The Morgan fingerprint density at radius 3 is 2.68 bits per heavy atom. The molecule has 0 bridgehead atoms. The van der Waals surface area contributed by atoms with E-state index in [-0.39, 0.29) is 0 Å². The minimum Gasteiger partial charge on any atom is -0.310 e. The highest BCUT2D eigenvalue weighted by Crippen LogP contribution is 2.47. The molecule has 0 amide bonds. The lowest BCUT2D eigenvalue weighted by Crippen LogP contribution is -2.39. The van der Waals surface area contributed by atoms with Crippen molar-refractivity contribution in [3.8, 4) is 0 Å². The lowest BCUT2D eigenvalue weighted by molar-refractivity contribution is 0.0989. The summed E-state index contributed by atoms with van der Waals surface area (Å²) in [7, 11) is 0. The standard InChI is InChI=1S/C17H26ClN/c1-4-19-16(13-9-5-6-11-15(13)18)14-10-7-8-12-17(14,2)3/h5-6,9,11,14,16,19H,4,7-8,10,12H2,1-3H3. The molecule has 106 valence electrons. The zero-order valence-corrected chi connectivity index (χ0v) is 13.1. The molecule has 1 nitrogen and oxygen atoms in total. The van der Waals surface area contributed by atoms with Crippen LogP contribution in [0.2, 0.25) is 5.02 Å². The summed E-state index contributed by atoms with van der Waals surface area (Å²) in [6.45, 7) is 8.00. The second kappa shape index (κ2) is 6.28. The van der Waals surface area contributed by atoms with Crippen LogP contribution >= 0.6 is 11.6 Å². The molecule has 2 atom stereocenters. The normalized spacial score (nSPS) is 24.1. The van der Waals surface area contributed by atoms with Gasteiger partial charge in [-0.25, -0.2) is 0 Å². The third-order valence-corrected chi connectivity index (χ3v) is 5.00. The van der Waals surface area contributed by atoms with Crippen molar-refractivity contribution in [1.29, 1.82) is 0 Å². The predicted molar refractivity (Wildman–Crippen MR) is 83.6 cm³/mol. The molecule has 1 aromatic carbocycles. The molecular weight excluding hydrogens is 254 g/mol. The lowest BCUT2D eigenvalue weighted by atomic mass is 9.65. The second-order valence-electron chi connectivity index (χ2n) is 6.40. The van der Waals surface area contributed by atoms with Gasteiger partial charge in [0.25, 0.3) is 0 Å². The quantitative estimate of drug-likeness (QED) is 0.798. The maximum absolute atomic E-state index is 6.43. The van der Waals surface area contributed by atoms with Crippen LogP contribution in [0.5, 0.6) is 0 Å². The zero-order valence-electron chi connectivity index (χ0n) is 12.4. The zero-order chi connectivity index (χ0) is 13.9. The fraction of sp³-hybridized carbons (Fsp3) is 0.647. The molecule has 0 heterocycles. The van der Waals surface area contributed by atoms with Crippen LogP contribution < -0.4 is 5.32 Å². The molecule has 1 saturated carbocycles. The molecule has 1 fully saturated rings. The van der Waals surface area contributed by atoms with Crippen LogP contribution in [0.15, 0.2) is 24.3 Å². The molecular formula is C17H26ClN. The van der Waals surface area contributed by atoms with Crippen molar-refractivity contribution in [3.63, 3.8) is 0 Å². The van der Waals surface area contributed by atoms with E-state index in [2.05, 4.69) is 38.2 Å². The van der Waals surface area contributed by atoms with Crippen LogP contribution in [-0.4, -0.2) is 6.54 Å². The van der Waals surface area contributed by atoms with Crippen LogP contribution in [-0.2, 0) is 0 Å². The van der Waals surface area contributed by atoms with E-state index in [0.29, 0.717) is 17.4 Å². The van der Waals surface area contributed by atoms with Crippen molar-refractivity contribution < 1.29 is 0 Å². The number of halogens is 1. The summed E-state index contributed by atoms with van der Waals surface area (Å²) in [4.78, 5) is 0. The van der Waals surface area contributed by atoms with Crippen LogP contribution in [0.25, 0.3) is 0 Å². The third kappa shape index (κ3) is 3.32. The summed E-state index contributed by atoms with van der Waals surface area (Å²) in [5.41, 5.74) is 1.66. The topological polar surface area (TPSA) is 12.0 Å². The first-order chi connectivity index (χ1) is 9.06. The van der Waals surface area contributed by atoms with Gasteiger partial charge in [-0.2, -0.15) is 0 Å². The van der Waals surface area contributed by atoms with E-state index in [1.807, 2.05) is 12.1 Å². The number of nitrogens with one attached hydrogen (secondary N) is 1. The number of hydrogen-bond donors (Lipinski definition) is 1. The lowest BCUT2D eigenvalue weighted by Gasteiger charge is -2.44. The van der Waals surface area contributed by atoms with Crippen molar-refractivity contribution >= 4 is 11.6 Å². The molecule has 0 spiro atoms. The van der Waals surface area contributed by atoms with Crippen molar-refractivity contribution in [2.45, 2.75) is 52.5 Å². The maximum atomic E-state index is 6.43. The largest absolute Gasteiger partial charge is 0.310 e. The van der Waals surface area contributed by atoms with Gasteiger partial charge in [-0.15, -0.1) is 0 Å².